The third-order valence-electron chi connectivity index (χ3n) is 3.00. The molecule has 0 saturated carbocycles. The van der Waals surface area contributed by atoms with Crippen LogP contribution < -0.4 is 10.3 Å². The van der Waals surface area contributed by atoms with Crippen molar-refractivity contribution in [1.29, 1.82) is 10.5 Å². The highest BCUT2D eigenvalue weighted by Crippen LogP contribution is 2.27. The molecule has 0 spiro atoms. The molecule has 1 aromatic rings. The summed E-state index contributed by atoms with van der Waals surface area (Å²) in [5.41, 5.74) is 5.48. The van der Waals surface area contributed by atoms with Gasteiger partial charge in [-0.1, -0.05) is 6.07 Å². The van der Waals surface area contributed by atoms with Crippen LogP contribution in [0.25, 0.3) is 0 Å². The summed E-state index contributed by atoms with van der Waals surface area (Å²) in [5.74, 6) is 0. The lowest BCUT2D eigenvalue weighted by atomic mass is 10.1. The van der Waals surface area contributed by atoms with Crippen molar-refractivity contribution in [3.05, 3.63) is 23.8 Å². The number of benzene rings is 1. The second-order valence-electron chi connectivity index (χ2n) is 4.42. The highest BCUT2D eigenvalue weighted by atomic mass is 16.5. The van der Waals surface area contributed by atoms with Crippen molar-refractivity contribution in [1.82, 2.24) is 0 Å². The Morgan fingerprint density at radius 2 is 2.00 bits per heavy atom. The van der Waals surface area contributed by atoms with Gasteiger partial charge in [0.1, 0.15) is 12.1 Å². The van der Waals surface area contributed by atoms with Gasteiger partial charge in [-0.25, -0.2) is 0 Å². The van der Waals surface area contributed by atoms with Crippen LogP contribution in [0, 0.1) is 29.6 Å². The molecular formula is C14H15N5O. The second-order valence-corrected chi connectivity index (χ2v) is 4.42. The Labute approximate surface area is 117 Å². The van der Waals surface area contributed by atoms with Gasteiger partial charge in [-0.3, -0.25) is 5.43 Å². The predicted molar refractivity (Wildman–Crippen MR) is 76.5 cm³/mol. The van der Waals surface area contributed by atoms with Gasteiger partial charge in [-0.15, -0.1) is 0 Å². The standard InChI is InChI=1S/C14H15N5O/c1-11-2-3-14(19-4-6-20-7-5-19)13(8-11)18-17-12(9-15)10-16/h2-3,8,18H,4-7H2,1H3. The van der Waals surface area contributed by atoms with Crippen LogP contribution in [0.5, 0.6) is 0 Å². The Balaban J connectivity index is 2.26. The molecule has 0 bridgehead atoms. The summed E-state index contributed by atoms with van der Waals surface area (Å²) < 4.78 is 5.34. The molecular weight excluding hydrogens is 254 g/mol. The van der Waals surface area contributed by atoms with E-state index in [0.717, 1.165) is 30.0 Å². The van der Waals surface area contributed by atoms with E-state index in [0.29, 0.717) is 13.2 Å². The first-order chi connectivity index (χ1) is 9.74. The maximum absolute atomic E-state index is 8.71. The lowest BCUT2D eigenvalue weighted by Crippen LogP contribution is -2.36. The molecule has 0 amide bonds. The van der Waals surface area contributed by atoms with Crippen LogP contribution in [0.4, 0.5) is 11.4 Å². The third-order valence-corrected chi connectivity index (χ3v) is 3.00. The normalized spacial score (nSPS) is 14.1. The number of anilines is 2. The molecule has 0 radical (unpaired) electrons. The number of nitrogens with zero attached hydrogens (tertiary/aromatic N) is 4. The number of hydrazone groups is 1. The van der Waals surface area contributed by atoms with Crippen molar-refractivity contribution >= 4 is 17.1 Å². The van der Waals surface area contributed by atoms with E-state index in [2.05, 4.69) is 15.4 Å². The smallest absolute Gasteiger partial charge is 0.237 e. The fourth-order valence-corrected chi connectivity index (χ4v) is 2.01. The van der Waals surface area contributed by atoms with Crippen molar-refractivity contribution in [2.75, 3.05) is 36.6 Å². The van der Waals surface area contributed by atoms with Crippen molar-refractivity contribution in [2.45, 2.75) is 6.92 Å². The van der Waals surface area contributed by atoms with Crippen molar-refractivity contribution in [3.8, 4) is 12.1 Å². The number of hydrogen-bond acceptors (Lipinski definition) is 6. The van der Waals surface area contributed by atoms with E-state index in [9.17, 15) is 0 Å². The van der Waals surface area contributed by atoms with Crippen LogP contribution in [0.15, 0.2) is 23.3 Å². The highest BCUT2D eigenvalue weighted by Gasteiger charge is 2.14. The van der Waals surface area contributed by atoms with Gasteiger partial charge in [-0.05, 0) is 24.6 Å². The number of morpholine rings is 1. The molecule has 0 unspecified atom stereocenters. The highest BCUT2D eigenvalue weighted by molar-refractivity contribution is 6.10. The first-order valence-corrected chi connectivity index (χ1v) is 6.32. The summed E-state index contributed by atoms with van der Waals surface area (Å²) in [6.45, 7) is 4.99. The van der Waals surface area contributed by atoms with Crippen LogP contribution >= 0.6 is 0 Å². The fourth-order valence-electron chi connectivity index (χ4n) is 2.01. The number of nitrogens with one attached hydrogen (secondary N) is 1. The Bertz CT molecular complexity index is 575. The topological polar surface area (TPSA) is 84.4 Å². The Hall–Kier alpha value is -2.57. The van der Waals surface area contributed by atoms with Crippen LogP contribution in [-0.4, -0.2) is 32.0 Å². The molecule has 1 aromatic carbocycles. The molecule has 6 heteroatoms. The van der Waals surface area contributed by atoms with E-state index < -0.39 is 0 Å². The minimum Gasteiger partial charge on any atom is -0.378 e. The molecule has 1 heterocycles. The van der Waals surface area contributed by atoms with Crippen molar-refractivity contribution in [3.63, 3.8) is 0 Å². The summed E-state index contributed by atoms with van der Waals surface area (Å²) in [6, 6.07) is 9.44. The molecule has 0 atom stereocenters. The second kappa shape index (κ2) is 6.55. The molecule has 1 aliphatic heterocycles. The summed E-state index contributed by atoms with van der Waals surface area (Å²) in [5, 5.41) is 21.2. The molecule has 1 aliphatic rings. The maximum atomic E-state index is 8.71. The molecule has 20 heavy (non-hydrogen) atoms. The molecule has 0 aromatic heterocycles. The summed E-state index contributed by atoms with van der Waals surface area (Å²) in [6.07, 6.45) is 0. The van der Waals surface area contributed by atoms with E-state index in [1.165, 1.54) is 0 Å². The molecule has 1 fully saturated rings. The molecule has 1 saturated heterocycles. The number of hydrogen-bond donors (Lipinski definition) is 1. The van der Waals surface area contributed by atoms with E-state index in [1.807, 2.05) is 25.1 Å². The van der Waals surface area contributed by atoms with Gasteiger partial charge in [0.05, 0.1) is 24.6 Å². The zero-order valence-electron chi connectivity index (χ0n) is 11.3. The third kappa shape index (κ3) is 3.25. The molecule has 6 nitrogen and oxygen atoms in total. The average Bonchev–Trinajstić information content (AvgIpc) is 2.49. The lowest BCUT2D eigenvalue weighted by Gasteiger charge is -2.30. The minimum absolute atomic E-state index is 0.195. The Kier molecular flexibility index (Phi) is 4.54. The van der Waals surface area contributed by atoms with Gasteiger partial charge in [0, 0.05) is 13.1 Å². The quantitative estimate of drug-likeness (QED) is 0.666. The first kappa shape index (κ1) is 13.9. The van der Waals surface area contributed by atoms with Crippen molar-refractivity contribution < 1.29 is 4.74 Å². The van der Waals surface area contributed by atoms with Gasteiger partial charge in [-0.2, -0.15) is 15.6 Å². The predicted octanol–water partition coefficient (Wildman–Crippen LogP) is 1.65. The number of rotatable bonds is 3. The average molecular weight is 269 g/mol. The van der Waals surface area contributed by atoms with Crippen LogP contribution in [0.1, 0.15) is 5.56 Å². The zero-order valence-corrected chi connectivity index (χ0v) is 11.3. The zero-order chi connectivity index (χ0) is 14.4. The van der Waals surface area contributed by atoms with Crippen molar-refractivity contribution in [2.24, 2.45) is 5.10 Å². The molecule has 0 aliphatic carbocycles. The van der Waals surface area contributed by atoms with E-state index in [1.54, 1.807) is 12.1 Å². The summed E-state index contributed by atoms with van der Waals surface area (Å²) >= 11 is 0. The maximum Gasteiger partial charge on any atom is 0.237 e. The molecule has 102 valence electrons. The molecule has 2 rings (SSSR count). The first-order valence-electron chi connectivity index (χ1n) is 6.32. The number of ether oxygens (including phenoxy) is 1. The minimum atomic E-state index is -0.195. The SMILES string of the molecule is Cc1ccc(N2CCOCC2)c(NN=C(C#N)C#N)c1. The van der Waals surface area contributed by atoms with Crippen LogP contribution in [-0.2, 0) is 4.74 Å². The fraction of sp³-hybridized carbons (Fsp3) is 0.357. The largest absolute Gasteiger partial charge is 0.378 e. The Morgan fingerprint density at radius 1 is 1.30 bits per heavy atom. The van der Waals surface area contributed by atoms with Gasteiger partial charge >= 0.3 is 0 Å². The van der Waals surface area contributed by atoms with Crippen LogP contribution in [0.2, 0.25) is 0 Å². The van der Waals surface area contributed by atoms with E-state index in [-0.39, 0.29) is 5.71 Å². The van der Waals surface area contributed by atoms with Gasteiger partial charge in [0.15, 0.2) is 0 Å². The number of nitriles is 2. The van der Waals surface area contributed by atoms with Gasteiger partial charge < -0.3 is 9.64 Å². The van der Waals surface area contributed by atoms with Gasteiger partial charge in [0.25, 0.3) is 0 Å². The Morgan fingerprint density at radius 3 is 2.65 bits per heavy atom. The summed E-state index contributed by atoms with van der Waals surface area (Å²) in [4.78, 5) is 2.19. The van der Waals surface area contributed by atoms with E-state index >= 15 is 0 Å². The van der Waals surface area contributed by atoms with Gasteiger partial charge in [0.2, 0.25) is 5.71 Å². The number of aryl methyl sites for hydroxylation is 1. The van der Waals surface area contributed by atoms with Crippen LogP contribution in [0.3, 0.4) is 0 Å². The summed E-state index contributed by atoms with van der Waals surface area (Å²) in [7, 11) is 0. The molecule has 1 N–H and O–H groups in total. The monoisotopic (exact) mass is 269 g/mol. The lowest BCUT2D eigenvalue weighted by molar-refractivity contribution is 0.123. The van der Waals surface area contributed by atoms with E-state index in [4.69, 9.17) is 15.3 Å².